The summed E-state index contributed by atoms with van der Waals surface area (Å²) in [4.78, 5) is 18.1. The van der Waals surface area contributed by atoms with E-state index in [2.05, 4.69) is 9.38 Å². The van der Waals surface area contributed by atoms with Gasteiger partial charge in [0.05, 0.1) is 0 Å². The number of rotatable bonds is 1. The van der Waals surface area contributed by atoms with E-state index in [-0.39, 0.29) is 5.41 Å². The molecule has 1 atom stereocenters. The Hall–Kier alpha value is -0.830. The van der Waals surface area contributed by atoms with Gasteiger partial charge in [0.25, 0.3) is 0 Å². The quantitative estimate of drug-likeness (QED) is 0.745. The summed E-state index contributed by atoms with van der Waals surface area (Å²) < 4.78 is 17.2. The molecule has 1 aliphatic carbocycles. The molecule has 1 spiro atoms. The lowest BCUT2D eigenvalue weighted by atomic mass is 9.75. The van der Waals surface area contributed by atoms with Crippen molar-refractivity contribution in [1.82, 2.24) is 9.88 Å². The van der Waals surface area contributed by atoms with E-state index >= 15 is 0 Å². The molecule has 1 aromatic rings. The van der Waals surface area contributed by atoms with Crippen molar-refractivity contribution in [1.29, 1.82) is 0 Å². The molecule has 3 rings (SSSR count). The lowest BCUT2D eigenvalue weighted by Gasteiger charge is -2.38. The highest BCUT2D eigenvalue weighted by Crippen LogP contribution is 2.48. The molecule has 1 fully saturated rings. The summed E-state index contributed by atoms with van der Waals surface area (Å²) in [5.74, 6) is 0. The molecule has 2 aliphatic rings. The molecule has 1 N–H and O–H groups in total. The third-order valence-corrected chi connectivity index (χ3v) is 7.14. The maximum absolute atomic E-state index is 12.6. The van der Waals surface area contributed by atoms with Gasteiger partial charge in [0, 0.05) is 23.4 Å². The number of thiazole rings is 1. The van der Waals surface area contributed by atoms with Gasteiger partial charge in [-0.3, -0.25) is 0 Å². The number of amides is 1. The molecule has 1 amide bonds. The van der Waals surface area contributed by atoms with Gasteiger partial charge in [0.2, 0.25) is 0 Å². The van der Waals surface area contributed by atoms with E-state index in [0.717, 1.165) is 22.7 Å². The number of likely N-dealkylation sites (tertiary alicyclic amines) is 1. The van der Waals surface area contributed by atoms with Crippen LogP contribution in [0.15, 0.2) is 4.40 Å². The first-order chi connectivity index (χ1) is 11.1. The number of hydrogen-bond donors (Lipinski definition) is 1. The Morgan fingerprint density at radius 1 is 1.46 bits per heavy atom. The van der Waals surface area contributed by atoms with Gasteiger partial charge in [0.1, 0.15) is 27.5 Å². The Morgan fingerprint density at radius 3 is 2.62 bits per heavy atom. The topological polar surface area (TPSA) is 88.9 Å². The fourth-order valence-corrected chi connectivity index (χ4v) is 5.18. The Balaban J connectivity index is 1.96. The van der Waals surface area contributed by atoms with E-state index in [9.17, 15) is 14.5 Å². The van der Waals surface area contributed by atoms with Crippen LogP contribution in [-0.2, 0) is 17.8 Å². The molecule has 0 aromatic carbocycles. The molecule has 2 heterocycles. The van der Waals surface area contributed by atoms with Crippen molar-refractivity contribution in [3.8, 4) is 0 Å². The zero-order chi connectivity index (χ0) is 17.7. The minimum Gasteiger partial charge on any atom is -0.591 e. The smallest absolute Gasteiger partial charge is 0.407 e. The summed E-state index contributed by atoms with van der Waals surface area (Å²) in [5.41, 5.74) is 1.23. The number of piperidine rings is 1. The minimum atomic E-state index is -1.39. The molecule has 1 aromatic heterocycles. The van der Waals surface area contributed by atoms with Crippen molar-refractivity contribution in [3.05, 3.63) is 15.0 Å². The molecule has 24 heavy (non-hydrogen) atoms. The summed E-state index contributed by atoms with van der Waals surface area (Å²) in [6.45, 7) is 6.57. The van der Waals surface area contributed by atoms with Gasteiger partial charge in [-0.25, -0.2) is 9.78 Å². The standard InChI is InChI=1S/C15H20ClN3O3S2/c1-14(2,3)24(22)18-11-10-9(23-12(16)17-10)8-15(11)4-6-19(7-5-15)13(20)21/h4-8H2,1-3H3,(H,20,21)/b18-11+/t24-/m1/s1. The van der Waals surface area contributed by atoms with Gasteiger partial charge in [-0.2, -0.15) is 0 Å². The normalized spacial score (nSPS) is 22.9. The van der Waals surface area contributed by atoms with Crippen LogP contribution in [0.5, 0.6) is 0 Å². The number of fused-ring (bicyclic) bond motifs is 1. The maximum atomic E-state index is 12.6. The number of hydrogen-bond acceptors (Lipinski definition) is 5. The Kier molecular flexibility index (Phi) is 4.61. The van der Waals surface area contributed by atoms with Crippen LogP contribution in [0.3, 0.4) is 0 Å². The van der Waals surface area contributed by atoms with Crippen LogP contribution in [0, 0.1) is 5.41 Å². The number of nitrogens with zero attached hydrogens (tertiary/aromatic N) is 3. The summed E-state index contributed by atoms with van der Waals surface area (Å²) in [6, 6.07) is 0. The molecule has 132 valence electrons. The molecule has 6 nitrogen and oxygen atoms in total. The van der Waals surface area contributed by atoms with Crippen LogP contribution in [0.2, 0.25) is 4.47 Å². The average Bonchev–Trinajstić information content (AvgIpc) is 2.94. The van der Waals surface area contributed by atoms with Crippen LogP contribution in [-0.4, -0.2) is 49.2 Å². The van der Waals surface area contributed by atoms with Crippen LogP contribution in [0.25, 0.3) is 0 Å². The van der Waals surface area contributed by atoms with Crippen molar-refractivity contribution in [2.75, 3.05) is 13.1 Å². The summed E-state index contributed by atoms with van der Waals surface area (Å²) in [5, 5.41) is 9.18. The summed E-state index contributed by atoms with van der Waals surface area (Å²) in [6.07, 6.45) is 1.19. The van der Waals surface area contributed by atoms with E-state index in [1.807, 2.05) is 20.8 Å². The van der Waals surface area contributed by atoms with Gasteiger partial charge in [0.15, 0.2) is 4.47 Å². The van der Waals surface area contributed by atoms with Crippen LogP contribution in [0.1, 0.15) is 44.2 Å². The Labute approximate surface area is 153 Å². The zero-order valence-electron chi connectivity index (χ0n) is 13.8. The Bertz CT molecular complexity index is 691. The number of halogens is 1. The van der Waals surface area contributed by atoms with E-state index in [0.29, 0.717) is 30.4 Å². The van der Waals surface area contributed by atoms with Gasteiger partial charge >= 0.3 is 6.09 Å². The lowest BCUT2D eigenvalue weighted by Crippen LogP contribution is -2.46. The van der Waals surface area contributed by atoms with Gasteiger partial charge in [-0.05, 0) is 40.0 Å². The third-order valence-electron chi connectivity index (χ3n) is 4.59. The summed E-state index contributed by atoms with van der Waals surface area (Å²) >= 11 is 6.10. The maximum Gasteiger partial charge on any atom is 0.407 e. The fraction of sp³-hybridized carbons (Fsp3) is 0.667. The average molecular weight is 390 g/mol. The molecule has 0 radical (unpaired) electrons. The molecular weight excluding hydrogens is 370 g/mol. The van der Waals surface area contributed by atoms with Gasteiger partial charge < -0.3 is 14.6 Å². The van der Waals surface area contributed by atoms with Crippen LogP contribution >= 0.6 is 22.9 Å². The second-order valence-corrected chi connectivity index (χ2v) is 10.8. The molecule has 0 unspecified atom stereocenters. The Morgan fingerprint density at radius 2 is 2.08 bits per heavy atom. The van der Waals surface area contributed by atoms with Crippen molar-refractivity contribution in [2.45, 2.75) is 44.8 Å². The monoisotopic (exact) mass is 389 g/mol. The highest BCUT2D eigenvalue weighted by atomic mass is 35.5. The second-order valence-electron chi connectivity index (χ2n) is 7.27. The van der Waals surface area contributed by atoms with Gasteiger partial charge in [-0.15, -0.1) is 11.3 Å². The van der Waals surface area contributed by atoms with Crippen molar-refractivity contribution in [2.24, 2.45) is 9.81 Å². The molecule has 9 heteroatoms. The first-order valence-corrected chi connectivity index (χ1v) is 10.1. The van der Waals surface area contributed by atoms with E-state index in [1.165, 1.54) is 16.2 Å². The minimum absolute atomic E-state index is 0.272. The van der Waals surface area contributed by atoms with Crippen LogP contribution in [0.4, 0.5) is 4.79 Å². The summed E-state index contributed by atoms with van der Waals surface area (Å²) in [7, 11) is 0. The number of aromatic nitrogens is 1. The second kappa shape index (κ2) is 6.16. The highest BCUT2D eigenvalue weighted by molar-refractivity contribution is 7.91. The highest BCUT2D eigenvalue weighted by Gasteiger charge is 2.50. The van der Waals surface area contributed by atoms with Crippen LogP contribution < -0.4 is 0 Å². The van der Waals surface area contributed by atoms with E-state index in [1.54, 1.807) is 0 Å². The first kappa shape index (κ1) is 18.0. The number of carboxylic acid groups (broad SMARTS) is 1. The van der Waals surface area contributed by atoms with Crippen molar-refractivity contribution >= 4 is 46.1 Å². The fourth-order valence-electron chi connectivity index (χ4n) is 3.17. The largest absolute Gasteiger partial charge is 0.591 e. The zero-order valence-corrected chi connectivity index (χ0v) is 16.2. The van der Waals surface area contributed by atoms with Crippen molar-refractivity contribution in [3.63, 3.8) is 0 Å². The SMILES string of the molecule is CC(C)(C)[S@@+]([O-])/N=C1\c2nc(Cl)sc2CC12CCN(C(=O)O)CC2. The third kappa shape index (κ3) is 3.16. The molecule has 1 aliphatic heterocycles. The van der Waals surface area contributed by atoms with Crippen molar-refractivity contribution < 1.29 is 14.5 Å². The first-order valence-electron chi connectivity index (χ1n) is 7.77. The van der Waals surface area contributed by atoms with E-state index in [4.69, 9.17) is 11.6 Å². The van der Waals surface area contributed by atoms with Gasteiger partial charge in [-0.1, -0.05) is 16.0 Å². The number of carbonyl (C=O) groups is 1. The molecule has 1 saturated heterocycles. The molecular formula is C15H20ClN3O3S2. The molecule has 0 bridgehead atoms. The molecule has 0 saturated carbocycles. The predicted octanol–water partition coefficient (Wildman–Crippen LogP) is 3.36. The predicted molar refractivity (Wildman–Crippen MR) is 96.5 cm³/mol. The lowest BCUT2D eigenvalue weighted by molar-refractivity contribution is 0.115. The van der Waals surface area contributed by atoms with E-state index < -0.39 is 22.2 Å².